The van der Waals surface area contributed by atoms with Crippen molar-refractivity contribution in [2.24, 2.45) is 0 Å². The summed E-state index contributed by atoms with van der Waals surface area (Å²) in [7, 11) is 0. The molecule has 1 unspecified atom stereocenters. The van der Waals surface area contributed by atoms with E-state index in [0.717, 1.165) is 141 Å². The maximum absolute atomic E-state index is 12.9. The van der Waals surface area contributed by atoms with Gasteiger partial charge in [0.2, 0.25) is 0 Å². The predicted molar refractivity (Wildman–Crippen MR) is 339 cm³/mol. The summed E-state index contributed by atoms with van der Waals surface area (Å²) in [5.41, 5.74) is 0. The third-order valence-electron chi connectivity index (χ3n) is 13.7. The van der Waals surface area contributed by atoms with Crippen molar-refractivity contribution >= 4 is 17.9 Å². The van der Waals surface area contributed by atoms with Gasteiger partial charge in [0.1, 0.15) is 13.2 Å². The van der Waals surface area contributed by atoms with Crippen molar-refractivity contribution < 1.29 is 28.6 Å². The Morgan fingerprint density at radius 2 is 0.500 bits per heavy atom. The number of ether oxygens (including phenoxy) is 3. The van der Waals surface area contributed by atoms with Crippen LogP contribution < -0.4 is 0 Å². The molecule has 0 heterocycles. The fourth-order valence-electron chi connectivity index (χ4n) is 8.87. The van der Waals surface area contributed by atoms with Gasteiger partial charge >= 0.3 is 17.9 Å². The lowest BCUT2D eigenvalue weighted by Crippen LogP contribution is -2.30. The van der Waals surface area contributed by atoms with E-state index in [4.69, 9.17) is 14.2 Å². The minimum absolute atomic E-state index is 0.0927. The van der Waals surface area contributed by atoms with Crippen LogP contribution in [-0.4, -0.2) is 37.2 Å². The predicted octanol–water partition coefficient (Wildman–Crippen LogP) is 22.4. The summed E-state index contributed by atoms with van der Waals surface area (Å²) in [4.78, 5) is 38.4. The van der Waals surface area contributed by atoms with Crippen LogP contribution in [-0.2, 0) is 28.6 Å². The zero-order chi connectivity index (χ0) is 56.4. The van der Waals surface area contributed by atoms with Gasteiger partial charge in [-0.2, -0.15) is 0 Å². The molecular weight excluding hydrogens is 961 g/mol. The molecule has 0 spiro atoms. The topological polar surface area (TPSA) is 78.9 Å². The zero-order valence-electron chi connectivity index (χ0n) is 50.9. The van der Waals surface area contributed by atoms with E-state index in [0.29, 0.717) is 19.3 Å². The van der Waals surface area contributed by atoms with Crippen LogP contribution in [0.25, 0.3) is 0 Å². The molecule has 0 aliphatic heterocycles. The molecule has 6 nitrogen and oxygen atoms in total. The van der Waals surface area contributed by atoms with Crippen LogP contribution >= 0.6 is 0 Å². The van der Waals surface area contributed by atoms with Crippen LogP contribution in [0.3, 0.4) is 0 Å². The fraction of sp³-hybridized carbons (Fsp3) is 0.681. The number of allylic oxidation sites excluding steroid dienone is 20. The monoisotopic (exact) mass is 1080 g/mol. The molecule has 0 N–H and O–H groups in total. The Hall–Kier alpha value is -4.19. The van der Waals surface area contributed by atoms with Gasteiger partial charge in [-0.25, -0.2) is 0 Å². The normalized spacial score (nSPS) is 12.9. The number of hydrogen-bond acceptors (Lipinski definition) is 6. The van der Waals surface area contributed by atoms with Crippen molar-refractivity contribution in [2.45, 2.75) is 303 Å². The average Bonchev–Trinajstić information content (AvgIpc) is 3.44. The molecule has 0 radical (unpaired) electrons. The molecule has 6 heteroatoms. The molecule has 0 bridgehead atoms. The molecule has 0 aliphatic rings. The number of hydrogen-bond donors (Lipinski definition) is 0. The number of esters is 3. The van der Waals surface area contributed by atoms with Gasteiger partial charge in [0, 0.05) is 19.3 Å². The molecule has 444 valence electrons. The lowest BCUT2D eigenvalue weighted by atomic mass is 10.1. The lowest BCUT2D eigenvalue weighted by Gasteiger charge is -2.18. The third-order valence-corrected chi connectivity index (χ3v) is 13.7. The molecule has 0 aromatic heterocycles. The van der Waals surface area contributed by atoms with E-state index >= 15 is 0 Å². The van der Waals surface area contributed by atoms with Crippen LogP contribution in [0.4, 0.5) is 0 Å². The van der Waals surface area contributed by atoms with Crippen molar-refractivity contribution in [3.63, 3.8) is 0 Å². The number of carbonyl (C=O) groups is 3. The van der Waals surface area contributed by atoms with Crippen molar-refractivity contribution in [3.05, 3.63) is 122 Å². The molecule has 0 aliphatic carbocycles. The average molecular weight is 1080 g/mol. The van der Waals surface area contributed by atoms with Gasteiger partial charge in [-0.15, -0.1) is 0 Å². The highest BCUT2D eigenvalue weighted by Crippen LogP contribution is 2.15. The Bertz CT molecular complexity index is 1620. The fourth-order valence-corrected chi connectivity index (χ4v) is 8.87. The third kappa shape index (κ3) is 62.7. The number of unbranched alkanes of at least 4 members (excludes halogenated alkanes) is 27. The number of carbonyl (C=O) groups excluding carboxylic acids is 3. The van der Waals surface area contributed by atoms with Crippen LogP contribution in [0.2, 0.25) is 0 Å². The van der Waals surface area contributed by atoms with E-state index in [1.807, 2.05) is 0 Å². The second kappa shape index (κ2) is 65.3. The van der Waals surface area contributed by atoms with Gasteiger partial charge in [-0.3, -0.25) is 14.4 Å². The number of rotatable bonds is 58. The molecule has 1 atom stereocenters. The first kappa shape index (κ1) is 73.8. The van der Waals surface area contributed by atoms with Crippen molar-refractivity contribution in [1.29, 1.82) is 0 Å². The van der Waals surface area contributed by atoms with E-state index in [1.54, 1.807) is 0 Å². The van der Waals surface area contributed by atoms with Gasteiger partial charge < -0.3 is 14.2 Å². The summed E-state index contributed by atoms with van der Waals surface area (Å²) < 4.78 is 16.9. The van der Waals surface area contributed by atoms with E-state index in [9.17, 15) is 14.4 Å². The van der Waals surface area contributed by atoms with Gasteiger partial charge in [0.05, 0.1) is 0 Å². The van der Waals surface area contributed by atoms with Crippen LogP contribution in [0.5, 0.6) is 0 Å². The molecule has 0 fully saturated rings. The van der Waals surface area contributed by atoms with Crippen molar-refractivity contribution in [3.8, 4) is 0 Å². The van der Waals surface area contributed by atoms with Crippen LogP contribution in [0.1, 0.15) is 297 Å². The highest BCUT2D eigenvalue weighted by Gasteiger charge is 2.19. The van der Waals surface area contributed by atoms with E-state index < -0.39 is 6.10 Å². The Balaban J connectivity index is 4.43. The Labute approximate surface area is 482 Å². The van der Waals surface area contributed by atoms with Gasteiger partial charge in [-0.1, -0.05) is 271 Å². The summed E-state index contributed by atoms with van der Waals surface area (Å²) >= 11 is 0. The van der Waals surface area contributed by atoms with Crippen LogP contribution in [0.15, 0.2) is 122 Å². The summed E-state index contributed by atoms with van der Waals surface area (Å²) in [6.07, 6.45) is 90.5. The molecule has 0 saturated heterocycles. The summed E-state index contributed by atoms with van der Waals surface area (Å²) in [6, 6.07) is 0. The Morgan fingerprint density at radius 3 is 0.795 bits per heavy atom. The minimum Gasteiger partial charge on any atom is -0.462 e. The van der Waals surface area contributed by atoms with Gasteiger partial charge in [0.15, 0.2) is 6.10 Å². The minimum atomic E-state index is -0.799. The summed E-state index contributed by atoms with van der Waals surface area (Å²) in [5.74, 6) is -0.917. The van der Waals surface area contributed by atoms with Gasteiger partial charge in [0.25, 0.3) is 0 Å². The quantitative estimate of drug-likeness (QED) is 0.0261. The Morgan fingerprint density at radius 1 is 0.269 bits per heavy atom. The first-order valence-electron chi connectivity index (χ1n) is 32.5. The molecule has 0 rings (SSSR count). The second-order valence-corrected chi connectivity index (χ2v) is 21.3. The smallest absolute Gasteiger partial charge is 0.306 e. The maximum atomic E-state index is 12.9. The second-order valence-electron chi connectivity index (χ2n) is 21.3. The lowest BCUT2D eigenvalue weighted by molar-refractivity contribution is -0.167. The van der Waals surface area contributed by atoms with E-state index in [2.05, 4.69) is 142 Å². The maximum Gasteiger partial charge on any atom is 0.306 e. The van der Waals surface area contributed by atoms with E-state index in [1.165, 1.54) is 116 Å². The van der Waals surface area contributed by atoms with Crippen molar-refractivity contribution in [2.75, 3.05) is 13.2 Å². The molecule has 78 heavy (non-hydrogen) atoms. The first-order valence-corrected chi connectivity index (χ1v) is 32.5. The van der Waals surface area contributed by atoms with Crippen LogP contribution in [0, 0.1) is 0 Å². The molecule has 0 saturated carbocycles. The standard InChI is InChI=1S/C72H120O6/c1-4-7-10-13-16-19-22-25-28-31-33-35-36-38-39-41-44-47-50-53-56-59-62-65-71(74)77-68-69(67-76-70(73)64-61-58-55-52-49-46-43-30-27-24-21-18-15-12-9-6-3)78-72(75)66-63-60-57-54-51-48-45-42-40-37-34-32-29-26-23-20-17-14-11-8-5-2/h7-8,10-11,16-17,19-20,25-26,28-30,33-35,37,42-43,45,69H,4-6,9,12-15,18,21-24,27,31-32,36,38-41,44,46-68H2,1-3H3/b10-7-,11-8-,19-16-,20-17-,28-25-,29-26-,35-33-,37-34-,43-30-,45-42-. The van der Waals surface area contributed by atoms with Crippen molar-refractivity contribution in [1.82, 2.24) is 0 Å². The molecule has 0 amide bonds. The first-order chi connectivity index (χ1) is 38.5. The summed E-state index contributed by atoms with van der Waals surface area (Å²) in [5, 5.41) is 0. The van der Waals surface area contributed by atoms with Gasteiger partial charge in [-0.05, 0) is 128 Å². The SMILES string of the molecule is CC/C=C\C/C=C\C/C=C\C/C=C\C/C=C\CCCCCCCC(=O)OC(COC(=O)CCCCCCC/C=C\CCCCCCCCC)COC(=O)CCCCCCCCCCCC/C=C\C/C=C\C/C=C\C/C=C\CC. The molecular formula is C72H120O6. The largest absolute Gasteiger partial charge is 0.462 e. The highest BCUT2D eigenvalue weighted by molar-refractivity contribution is 5.71. The zero-order valence-corrected chi connectivity index (χ0v) is 50.9. The molecule has 0 aromatic rings. The molecule has 0 aromatic carbocycles. The Kier molecular flexibility index (Phi) is 61.8. The highest BCUT2D eigenvalue weighted by atomic mass is 16.6. The summed E-state index contributed by atoms with van der Waals surface area (Å²) in [6.45, 7) is 6.41. The van der Waals surface area contributed by atoms with E-state index in [-0.39, 0.29) is 31.1 Å².